The van der Waals surface area contributed by atoms with Crippen LogP contribution in [0.3, 0.4) is 0 Å². The van der Waals surface area contributed by atoms with Crippen molar-refractivity contribution >= 4 is 5.97 Å². The second-order valence-electron chi connectivity index (χ2n) is 7.51. The molecule has 0 aliphatic heterocycles. The van der Waals surface area contributed by atoms with Gasteiger partial charge in [-0.15, -0.1) is 0 Å². The van der Waals surface area contributed by atoms with Gasteiger partial charge in [0, 0.05) is 13.0 Å². The predicted octanol–water partition coefficient (Wildman–Crippen LogP) is 4.60. The van der Waals surface area contributed by atoms with Gasteiger partial charge in [-0.2, -0.15) is 5.10 Å². The quantitative estimate of drug-likeness (QED) is 0.498. The van der Waals surface area contributed by atoms with Crippen molar-refractivity contribution in [2.45, 2.75) is 59.0 Å². The number of aromatic nitrogens is 3. The summed E-state index contributed by atoms with van der Waals surface area (Å²) in [5.74, 6) is -0.108. The predicted molar refractivity (Wildman–Crippen MR) is 118 cm³/mol. The third kappa shape index (κ3) is 4.87. The number of hydrogen-bond acceptors (Lipinski definition) is 3. The zero-order valence-corrected chi connectivity index (χ0v) is 17.7. The number of aryl methyl sites for hydroxylation is 2. The fraction of sp³-hybridized carbons (Fsp3) is 0.375. The number of nitrogens with zero attached hydrogens (tertiary/aromatic N) is 3. The van der Waals surface area contributed by atoms with Gasteiger partial charge in [0.1, 0.15) is 5.82 Å². The maximum atomic E-state index is 12.8. The van der Waals surface area contributed by atoms with Gasteiger partial charge in [0.05, 0.1) is 12.1 Å². The summed E-state index contributed by atoms with van der Waals surface area (Å²) in [4.78, 5) is 24.3. The van der Waals surface area contributed by atoms with Crippen molar-refractivity contribution in [1.29, 1.82) is 0 Å². The van der Waals surface area contributed by atoms with Crippen LogP contribution < -0.4 is 5.69 Å². The molecule has 0 aliphatic carbocycles. The topological polar surface area (TPSA) is 77.1 Å². The summed E-state index contributed by atoms with van der Waals surface area (Å²) in [6, 6.07) is 14.7. The van der Waals surface area contributed by atoms with Gasteiger partial charge in [-0.1, -0.05) is 69.2 Å². The number of unbranched alkanes of at least 4 members (excludes halogenated alkanes) is 2. The first kappa shape index (κ1) is 21.6. The lowest BCUT2D eigenvalue weighted by atomic mass is 9.99. The highest BCUT2D eigenvalue weighted by Crippen LogP contribution is 2.24. The molecule has 3 aromatic rings. The van der Waals surface area contributed by atoms with Gasteiger partial charge in [0.15, 0.2) is 0 Å². The van der Waals surface area contributed by atoms with Crippen LogP contribution in [0.25, 0.3) is 11.1 Å². The molecule has 0 saturated heterocycles. The van der Waals surface area contributed by atoms with Crippen LogP contribution in [0.4, 0.5) is 0 Å². The van der Waals surface area contributed by atoms with Crippen LogP contribution in [0.2, 0.25) is 0 Å². The first-order valence-electron chi connectivity index (χ1n) is 10.6. The average Bonchev–Trinajstić information content (AvgIpc) is 3.04. The van der Waals surface area contributed by atoms with Crippen LogP contribution in [-0.4, -0.2) is 25.4 Å². The summed E-state index contributed by atoms with van der Waals surface area (Å²) in [6.45, 7) is 5.28. The molecule has 0 radical (unpaired) electrons. The first-order valence-corrected chi connectivity index (χ1v) is 10.6. The minimum absolute atomic E-state index is 0.0661. The first-order chi connectivity index (χ1) is 14.5. The molecule has 6 nitrogen and oxygen atoms in total. The summed E-state index contributed by atoms with van der Waals surface area (Å²) < 4.78 is 3.34. The fourth-order valence-corrected chi connectivity index (χ4v) is 3.61. The normalized spacial score (nSPS) is 11.0. The monoisotopic (exact) mass is 407 g/mol. The molecule has 1 heterocycles. The van der Waals surface area contributed by atoms with Crippen molar-refractivity contribution in [2.24, 2.45) is 0 Å². The number of hydrogen-bond donors (Lipinski definition) is 1. The Bertz CT molecular complexity index is 1050. The Balaban J connectivity index is 1.86. The molecule has 0 aliphatic rings. The number of carboxylic acids is 1. The molecule has 0 spiro atoms. The van der Waals surface area contributed by atoms with Crippen LogP contribution in [0.5, 0.6) is 0 Å². The molecule has 0 atom stereocenters. The number of rotatable bonds is 10. The van der Waals surface area contributed by atoms with Crippen LogP contribution in [0, 0.1) is 0 Å². The maximum Gasteiger partial charge on any atom is 0.346 e. The van der Waals surface area contributed by atoms with Crippen molar-refractivity contribution in [3.05, 3.63) is 76.0 Å². The Morgan fingerprint density at radius 1 is 1.00 bits per heavy atom. The van der Waals surface area contributed by atoms with E-state index in [0.29, 0.717) is 18.7 Å². The number of benzene rings is 2. The molecule has 158 valence electrons. The van der Waals surface area contributed by atoms with Gasteiger partial charge in [0.2, 0.25) is 0 Å². The van der Waals surface area contributed by atoms with Gasteiger partial charge >= 0.3 is 11.7 Å². The van der Waals surface area contributed by atoms with E-state index in [1.165, 1.54) is 0 Å². The number of carbonyl (C=O) groups is 1. The largest absolute Gasteiger partial charge is 0.478 e. The highest BCUT2D eigenvalue weighted by atomic mass is 16.4. The van der Waals surface area contributed by atoms with E-state index >= 15 is 0 Å². The molecule has 0 saturated carbocycles. The highest BCUT2D eigenvalue weighted by Gasteiger charge is 2.14. The van der Waals surface area contributed by atoms with E-state index in [4.69, 9.17) is 0 Å². The van der Waals surface area contributed by atoms with Gasteiger partial charge in [-0.3, -0.25) is 4.57 Å². The lowest BCUT2D eigenvalue weighted by Gasteiger charge is -2.09. The van der Waals surface area contributed by atoms with Gasteiger partial charge in [-0.05, 0) is 35.6 Å². The van der Waals surface area contributed by atoms with Crippen molar-refractivity contribution in [3.63, 3.8) is 0 Å². The summed E-state index contributed by atoms with van der Waals surface area (Å²) in [5.41, 5.74) is 2.73. The SMILES string of the molecule is CCCCCc1nn(CCC)c(=O)n1Cc1ccc(-c2ccccc2C(=O)O)cc1. The van der Waals surface area contributed by atoms with Crippen molar-refractivity contribution < 1.29 is 9.90 Å². The summed E-state index contributed by atoms with van der Waals surface area (Å²) >= 11 is 0. The van der Waals surface area contributed by atoms with Gasteiger partial charge in [-0.25, -0.2) is 14.3 Å². The lowest BCUT2D eigenvalue weighted by molar-refractivity contribution is 0.0697. The van der Waals surface area contributed by atoms with Crippen LogP contribution in [0.1, 0.15) is 61.3 Å². The fourth-order valence-electron chi connectivity index (χ4n) is 3.61. The molecular weight excluding hydrogens is 378 g/mol. The smallest absolute Gasteiger partial charge is 0.346 e. The molecule has 1 aromatic heterocycles. The molecule has 0 bridgehead atoms. The Hall–Kier alpha value is -3.15. The van der Waals surface area contributed by atoms with Crippen molar-refractivity contribution in [2.75, 3.05) is 0 Å². The Kier molecular flexibility index (Phi) is 7.22. The molecule has 1 N–H and O–H groups in total. The molecule has 0 fully saturated rings. The summed E-state index contributed by atoms with van der Waals surface area (Å²) in [5, 5.41) is 14.0. The zero-order valence-electron chi connectivity index (χ0n) is 17.7. The van der Waals surface area contributed by atoms with E-state index < -0.39 is 5.97 Å². The second kappa shape index (κ2) is 10.1. The average molecular weight is 408 g/mol. The van der Waals surface area contributed by atoms with E-state index in [2.05, 4.69) is 12.0 Å². The van der Waals surface area contributed by atoms with E-state index in [1.54, 1.807) is 21.4 Å². The maximum absolute atomic E-state index is 12.8. The Morgan fingerprint density at radius 3 is 2.40 bits per heavy atom. The molecular formula is C24H29N3O3. The summed E-state index contributed by atoms with van der Waals surface area (Å²) in [6.07, 6.45) is 4.92. The molecule has 0 unspecified atom stereocenters. The third-order valence-electron chi connectivity index (χ3n) is 5.20. The minimum atomic E-state index is -0.943. The molecule has 0 amide bonds. The standard InChI is InChI=1S/C24H29N3O3/c1-3-5-6-11-22-25-27(16-4-2)24(30)26(22)17-18-12-14-19(15-13-18)20-9-7-8-10-21(20)23(28)29/h7-10,12-15H,3-6,11,16-17H2,1-2H3,(H,28,29). The van der Waals surface area contributed by atoms with E-state index in [9.17, 15) is 14.7 Å². The van der Waals surface area contributed by atoms with Crippen molar-refractivity contribution in [3.8, 4) is 11.1 Å². The highest BCUT2D eigenvalue weighted by molar-refractivity contribution is 5.95. The Morgan fingerprint density at radius 2 is 1.73 bits per heavy atom. The van der Waals surface area contributed by atoms with E-state index in [-0.39, 0.29) is 11.3 Å². The van der Waals surface area contributed by atoms with Crippen LogP contribution >= 0.6 is 0 Å². The number of aromatic carboxylic acids is 1. The van der Waals surface area contributed by atoms with Crippen LogP contribution in [0.15, 0.2) is 53.3 Å². The van der Waals surface area contributed by atoms with E-state index in [0.717, 1.165) is 49.1 Å². The molecule has 6 heteroatoms. The molecule has 3 rings (SSSR count). The third-order valence-corrected chi connectivity index (χ3v) is 5.20. The minimum Gasteiger partial charge on any atom is -0.478 e. The Labute approximate surface area is 176 Å². The summed E-state index contributed by atoms with van der Waals surface area (Å²) in [7, 11) is 0. The zero-order chi connectivity index (χ0) is 21.5. The second-order valence-corrected chi connectivity index (χ2v) is 7.51. The number of carboxylic acid groups (broad SMARTS) is 1. The van der Waals surface area contributed by atoms with Gasteiger partial charge in [0.25, 0.3) is 0 Å². The van der Waals surface area contributed by atoms with Crippen LogP contribution in [-0.2, 0) is 19.5 Å². The lowest BCUT2D eigenvalue weighted by Crippen LogP contribution is -2.26. The van der Waals surface area contributed by atoms with Crippen molar-refractivity contribution in [1.82, 2.24) is 14.3 Å². The van der Waals surface area contributed by atoms with Gasteiger partial charge < -0.3 is 5.11 Å². The molecule has 30 heavy (non-hydrogen) atoms. The molecule has 2 aromatic carbocycles. The van der Waals surface area contributed by atoms with E-state index in [1.807, 2.05) is 43.3 Å².